The lowest BCUT2D eigenvalue weighted by Crippen LogP contribution is -2.22. The van der Waals surface area contributed by atoms with Crippen LogP contribution in [0.15, 0.2) is 12.2 Å². The minimum absolute atomic E-state index is 0.432. The highest BCUT2D eigenvalue weighted by Crippen LogP contribution is 2.06. The van der Waals surface area contributed by atoms with Crippen LogP contribution in [-0.2, 0) is 19.0 Å². The molecule has 0 amide bonds. The van der Waals surface area contributed by atoms with E-state index < -0.39 is 12.4 Å². The van der Waals surface area contributed by atoms with Gasteiger partial charge in [0.15, 0.2) is 0 Å². The molecule has 0 radical (unpaired) electrons. The van der Waals surface area contributed by atoms with Crippen LogP contribution < -0.4 is 0 Å². The Hall–Kier alpha value is -0.870. The van der Waals surface area contributed by atoms with Crippen LogP contribution in [-0.4, -0.2) is 26.7 Å². The molecule has 4 nitrogen and oxygen atoms in total. The Labute approximate surface area is 78.5 Å². The van der Waals surface area contributed by atoms with Crippen molar-refractivity contribution < 1.29 is 19.0 Å². The molecule has 0 aliphatic rings. The number of methoxy groups -OCH3 is 2. The number of hydrogen-bond acceptors (Lipinski definition) is 4. The van der Waals surface area contributed by atoms with Crippen LogP contribution in [0.3, 0.4) is 0 Å². The number of rotatable bonds is 6. The van der Waals surface area contributed by atoms with E-state index in [9.17, 15) is 4.79 Å². The average Bonchev–Trinajstić information content (AvgIpc) is 2.14. The fourth-order valence-corrected chi connectivity index (χ4v) is 0.767. The third-order valence-corrected chi connectivity index (χ3v) is 1.43. The van der Waals surface area contributed by atoms with E-state index in [2.05, 4.69) is 6.58 Å². The van der Waals surface area contributed by atoms with Crippen molar-refractivity contribution in [2.24, 2.45) is 0 Å². The van der Waals surface area contributed by atoms with Crippen LogP contribution in [0.4, 0.5) is 0 Å². The smallest absolute Gasteiger partial charge is 0.337 e. The van der Waals surface area contributed by atoms with E-state index in [1.807, 2.05) is 6.92 Å². The number of carbonyl (C=O) groups excluding carboxylic acids is 1. The maximum Gasteiger partial charge on any atom is 0.337 e. The molecule has 0 bridgehead atoms. The summed E-state index contributed by atoms with van der Waals surface area (Å²) in [5.41, 5.74) is 0.432. The van der Waals surface area contributed by atoms with Gasteiger partial charge in [-0.05, 0) is 6.42 Å². The molecule has 0 aromatic rings. The fourth-order valence-electron chi connectivity index (χ4n) is 0.767. The fraction of sp³-hybridized carbons (Fsp3) is 0.667. The van der Waals surface area contributed by atoms with Crippen molar-refractivity contribution in [3.63, 3.8) is 0 Å². The van der Waals surface area contributed by atoms with Crippen molar-refractivity contribution in [2.75, 3.05) is 14.2 Å². The Kier molecular flexibility index (Phi) is 6.18. The molecule has 0 heterocycles. The molecule has 0 spiro atoms. The summed E-state index contributed by atoms with van der Waals surface area (Å²) in [5.74, 6) is -0.476. The summed E-state index contributed by atoms with van der Waals surface area (Å²) < 4.78 is 14.2. The molecule has 76 valence electrons. The molecule has 0 saturated carbocycles. The standard InChI is InChI=1S/C9H16O4/c1-5-6-7(2)8(10)13-9(11-3)12-4/h9H,2,5-6H2,1,3-4H3. The Balaban J connectivity index is 3.90. The molecular formula is C9H16O4. The quantitative estimate of drug-likeness (QED) is 0.359. The molecule has 0 unspecified atom stereocenters. The molecule has 0 aliphatic carbocycles. The second-order valence-corrected chi connectivity index (χ2v) is 2.52. The molecule has 4 heteroatoms. The van der Waals surface area contributed by atoms with Gasteiger partial charge in [-0.15, -0.1) is 0 Å². The van der Waals surface area contributed by atoms with Gasteiger partial charge in [0.2, 0.25) is 0 Å². The lowest BCUT2D eigenvalue weighted by molar-refractivity contribution is -0.252. The molecule has 0 atom stereocenters. The zero-order valence-corrected chi connectivity index (χ0v) is 8.33. The van der Waals surface area contributed by atoms with Crippen LogP contribution in [0.25, 0.3) is 0 Å². The van der Waals surface area contributed by atoms with Gasteiger partial charge in [0.1, 0.15) is 0 Å². The maximum absolute atomic E-state index is 11.2. The molecular weight excluding hydrogens is 172 g/mol. The van der Waals surface area contributed by atoms with Gasteiger partial charge in [-0.3, -0.25) is 0 Å². The third kappa shape index (κ3) is 4.65. The Morgan fingerprint density at radius 3 is 2.31 bits per heavy atom. The van der Waals surface area contributed by atoms with Gasteiger partial charge >= 0.3 is 12.4 Å². The van der Waals surface area contributed by atoms with Crippen LogP contribution in [0.2, 0.25) is 0 Å². The summed E-state index contributed by atoms with van der Waals surface area (Å²) >= 11 is 0. The van der Waals surface area contributed by atoms with Crippen LogP contribution in [0.1, 0.15) is 19.8 Å². The Morgan fingerprint density at radius 1 is 1.38 bits per heavy atom. The van der Waals surface area contributed by atoms with Crippen LogP contribution in [0, 0.1) is 0 Å². The predicted molar refractivity (Wildman–Crippen MR) is 47.9 cm³/mol. The highest BCUT2D eigenvalue weighted by atomic mass is 16.8. The number of hydrogen-bond donors (Lipinski definition) is 0. The molecule has 0 saturated heterocycles. The zero-order valence-electron chi connectivity index (χ0n) is 8.33. The van der Waals surface area contributed by atoms with Crippen molar-refractivity contribution in [1.82, 2.24) is 0 Å². The van der Waals surface area contributed by atoms with Crippen molar-refractivity contribution in [2.45, 2.75) is 26.2 Å². The first-order valence-electron chi connectivity index (χ1n) is 4.10. The number of ether oxygens (including phenoxy) is 3. The van der Waals surface area contributed by atoms with Crippen LogP contribution in [0.5, 0.6) is 0 Å². The summed E-state index contributed by atoms with van der Waals surface area (Å²) in [5, 5.41) is 0. The Bertz CT molecular complexity index is 172. The molecule has 0 aromatic carbocycles. The SMILES string of the molecule is C=C(CCC)C(=O)OC(OC)OC. The summed E-state index contributed by atoms with van der Waals surface area (Å²) in [7, 11) is 2.79. The Morgan fingerprint density at radius 2 is 1.92 bits per heavy atom. The summed E-state index contributed by atoms with van der Waals surface area (Å²) in [6, 6.07) is 0. The minimum Gasteiger partial charge on any atom is -0.407 e. The lowest BCUT2D eigenvalue weighted by Gasteiger charge is -2.14. The molecule has 0 fully saturated rings. The highest BCUT2D eigenvalue weighted by Gasteiger charge is 2.14. The largest absolute Gasteiger partial charge is 0.407 e. The van der Waals surface area contributed by atoms with E-state index in [-0.39, 0.29) is 0 Å². The molecule has 0 rings (SSSR count). The average molecular weight is 188 g/mol. The monoisotopic (exact) mass is 188 g/mol. The summed E-state index contributed by atoms with van der Waals surface area (Å²) in [6.07, 6.45) is 1.48. The van der Waals surface area contributed by atoms with E-state index in [0.29, 0.717) is 12.0 Å². The molecule has 0 aliphatic heterocycles. The van der Waals surface area contributed by atoms with Gasteiger partial charge in [-0.25, -0.2) is 4.79 Å². The topological polar surface area (TPSA) is 44.8 Å². The minimum atomic E-state index is -0.943. The number of carbonyl (C=O) groups is 1. The predicted octanol–water partition coefficient (Wildman–Crippen LogP) is 1.46. The van der Waals surface area contributed by atoms with E-state index in [0.717, 1.165) is 6.42 Å². The zero-order chi connectivity index (χ0) is 10.3. The number of esters is 1. The first-order chi connectivity index (χ1) is 6.15. The van der Waals surface area contributed by atoms with Crippen molar-refractivity contribution in [1.29, 1.82) is 0 Å². The third-order valence-electron chi connectivity index (χ3n) is 1.43. The van der Waals surface area contributed by atoms with Gasteiger partial charge in [0.25, 0.3) is 0 Å². The second-order valence-electron chi connectivity index (χ2n) is 2.52. The lowest BCUT2D eigenvalue weighted by atomic mass is 10.2. The summed E-state index contributed by atoms with van der Waals surface area (Å²) in [4.78, 5) is 11.2. The summed E-state index contributed by atoms with van der Waals surface area (Å²) in [6.45, 7) is 4.60. The van der Waals surface area contributed by atoms with E-state index in [1.165, 1.54) is 14.2 Å². The molecule has 0 aromatic heterocycles. The van der Waals surface area contributed by atoms with E-state index >= 15 is 0 Å². The van der Waals surface area contributed by atoms with Gasteiger partial charge in [0.05, 0.1) is 0 Å². The van der Waals surface area contributed by atoms with Crippen molar-refractivity contribution >= 4 is 5.97 Å². The van der Waals surface area contributed by atoms with Crippen molar-refractivity contribution in [3.8, 4) is 0 Å². The second kappa shape index (κ2) is 6.62. The van der Waals surface area contributed by atoms with Crippen molar-refractivity contribution in [3.05, 3.63) is 12.2 Å². The normalized spacial score (nSPS) is 10.2. The van der Waals surface area contributed by atoms with Crippen LogP contribution >= 0.6 is 0 Å². The highest BCUT2D eigenvalue weighted by molar-refractivity contribution is 5.87. The van der Waals surface area contributed by atoms with Gasteiger partial charge < -0.3 is 14.2 Å². The van der Waals surface area contributed by atoms with E-state index in [4.69, 9.17) is 14.2 Å². The maximum atomic E-state index is 11.2. The molecule has 13 heavy (non-hydrogen) atoms. The first-order valence-corrected chi connectivity index (χ1v) is 4.10. The first kappa shape index (κ1) is 12.1. The molecule has 0 N–H and O–H groups in total. The van der Waals surface area contributed by atoms with Gasteiger partial charge in [-0.1, -0.05) is 19.9 Å². The van der Waals surface area contributed by atoms with Gasteiger partial charge in [-0.2, -0.15) is 0 Å². The van der Waals surface area contributed by atoms with Gasteiger partial charge in [0, 0.05) is 19.8 Å². The van der Waals surface area contributed by atoms with E-state index in [1.54, 1.807) is 0 Å².